The molecule has 0 aliphatic heterocycles. The molecular weight excluding hydrogens is 234 g/mol. The van der Waals surface area contributed by atoms with E-state index in [1.807, 2.05) is 13.8 Å². The number of hydrogen-bond donors (Lipinski definition) is 0. The van der Waals surface area contributed by atoms with Crippen LogP contribution >= 0.6 is 23.2 Å². The van der Waals surface area contributed by atoms with E-state index >= 15 is 0 Å². The highest BCUT2D eigenvalue weighted by Crippen LogP contribution is 2.24. The quantitative estimate of drug-likeness (QED) is 0.675. The Labute approximate surface area is 99.7 Å². The molecule has 0 saturated heterocycles. The lowest BCUT2D eigenvalue weighted by molar-refractivity contribution is 0.624. The summed E-state index contributed by atoms with van der Waals surface area (Å²) in [5.74, 6) is 0.367. The predicted octanol–water partition coefficient (Wildman–Crippen LogP) is 4.76. The summed E-state index contributed by atoms with van der Waals surface area (Å²) in [6.07, 6.45) is 1.73. The van der Waals surface area contributed by atoms with Gasteiger partial charge in [-0.15, -0.1) is 11.6 Å². The zero-order valence-electron chi connectivity index (χ0n) is 8.73. The SMILES string of the molecule is CC(C)C(=Cc1c(F)cccc1Cl)CCl. The van der Waals surface area contributed by atoms with E-state index in [1.165, 1.54) is 6.07 Å². The topological polar surface area (TPSA) is 0 Å². The lowest BCUT2D eigenvalue weighted by Gasteiger charge is -2.09. The zero-order chi connectivity index (χ0) is 11.4. The van der Waals surface area contributed by atoms with Gasteiger partial charge in [0.05, 0.1) is 5.02 Å². The van der Waals surface area contributed by atoms with Gasteiger partial charge in [-0.05, 0) is 24.1 Å². The Kier molecular flexibility index (Phi) is 4.62. The second kappa shape index (κ2) is 5.53. The van der Waals surface area contributed by atoms with Gasteiger partial charge >= 0.3 is 0 Å². The lowest BCUT2D eigenvalue weighted by Crippen LogP contribution is -1.96. The molecule has 0 unspecified atom stereocenters. The van der Waals surface area contributed by atoms with Crippen molar-refractivity contribution in [1.82, 2.24) is 0 Å². The molecule has 0 nitrogen and oxygen atoms in total. The first-order valence-electron chi connectivity index (χ1n) is 4.76. The summed E-state index contributed by atoms with van der Waals surface area (Å²) < 4.78 is 13.4. The van der Waals surface area contributed by atoms with Gasteiger partial charge in [0, 0.05) is 11.4 Å². The standard InChI is InChI=1S/C12H13Cl2F/c1-8(2)9(7-13)6-10-11(14)4-3-5-12(10)15/h3-6,8H,7H2,1-2H3. The maximum absolute atomic E-state index is 13.4. The van der Waals surface area contributed by atoms with Crippen molar-refractivity contribution >= 4 is 29.3 Å². The minimum Gasteiger partial charge on any atom is -0.206 e. The zero-order valence-corrected chi connectivity index (χ0v) is 10.2. The molecule has 0 bridgehead atoms. The van der Waals surface area contributed by atoms with Gasteiger partial charge in [-0.1, -0.05) is 37.1 Å². The summed E-state index contributed by atoms with van der Waals surface area (Å²) in [6.45, 7) is 4.03. The van der Waals surface area contributed by atoms with Crippen LogP contribution in [-0.2, 0) is 0 Å². The summed E-state index contributed by atoms with van der Waals surface area (Å²) in [7, 11) is 0. The number of hydrogen-bond acceptors (Lipinski definition) is 0. The van der Waals surface area contributed by atoms with Crippen LogP contribution in [0.15, 0.2) is 23.8 Å². The molecule has 1 aromatic carbocycles. The van der Waals surface area contributed by atoms with Gasteiger partial charge in [0.1, 0.15) is 5.82 Å². The van der Waals surface area contributed by atoms with Crippen LogP contribution in [0.4, 0.5) is 4.39 Å². The van der Waals surface area contributed by atoms with Gasteiger partial charge < -0.3 is 0 Å². The van der Waals surface area contributed by atoms with Crippen LogP contribution in [0.3, 0.4) is 0 Å². The molecule has 0 amide bonds. The van der Waals surface area contributed by atoms with E-state index < -0.39 is 0 Å². The Morgan fingerprint density at radius 2 is 2.13 bits per heavy atom. The molecule has 82 valence electrons. The number of benzene rings is 1. The average molecular weight is 247 g/mol. The molecule has 0 heterocycles. The first kappa shape index (κ1) is 12.5. The average Bonchev–Trinajstić information content (AvgIpc) is 2.17. The second-order valence-electron chi connectivity index (χ2n) is 3.64. The predicted molar refractivity (Wildman–Crippen MR) is 64.9 cm³/mol. The molecule has 0 aromatic heterocycles. The van der Waals surface area contributed by atoms with Crippen molar-refractivity contribution in [3.63, 3.8) is 0 Å². The van der Waals surface area contributed by atoms with Gasteiger partial charge in [-0.2, -0.15) is 0 Å². The van der Waals surface area contributed by atoms with Crippen molar-refractivity contribution in [2.24, 2.45) is 5.92 Å². The van der Waals surface area contributed by atoms with E-state index in [0.29, 0.717) is 16.5 Å². The third-order valence-corrected chi connectivity index (χ3v) is 2.86. The van der Waals surface area contributed by atoms with E-state index in [0.717, 1.165) is 5.57 Å². The third kappa shape index (κ3) is 3.22. The molecule has 1 aromatic rings. The highest BCUT2D eigenvalue weighted by atomic mass is 35.5. The largest absolute Gasteiger partial charge is 0.206 e. The second-order valence-corrected chi connectivity index (χ2v) is 4.32. The van der Waals surface area contributed by atoms with Crippen LogP contribution in [0.25, 0.3) is 6.08 Å². The monoisotopic (exact) mass is 246 g/mol. The number of alkyl halides is 1. The Hall–Kier alpha value is -0.530. The fourth-order valence-electron chi connectivity index (χ4n) is 1.19. The highest BCUT2D eigenvalue weighted by molar-refractivity contribution is 6.32. The van der Waals surface area contributed by atoms with E-state index in [9.17, 15) is 4.39 Å². The van der Waals surface area contributed by atoms with Crippen molar-refractivity contribution in [2.45, 2.75) is 13.8 Å². The molecule has 0 spiro atoms. The maximum Gasteiger partial charge on any atom is 0.131 e. The summed E-state index contributed by atoms with van der Waals surface area (Å²) in [5.41, 5.74) is 1.40. The number of rotatable bonds is 3. The van der Waals surface area contributed by atoms with E-state index in [4.69, 9.17) is 23.2 Å². The molecule has 0 saturated carbocycles. The summed E-state index contributed by atoms with van der Waals surface area (Å²) in [6, 6.07) is 4.65. The summed E-state index contributed by atoms with van der Waals surface area (Å²) >= 11 is 11.7. The van der Waals surface area contributed by atoms with Crippen LogP contribution in [-0.4, -0.2) is 5.88 Å². The first-order valence-corrected chi connectivity index (χ1v) is 5.68. The van der Waals surface area contributed by atoms with Crippen LogP contribution in [0.5, 0.6) is 0 Å². The minimum absolute atomic E-state index is 0.290. The van der Waals surface area contributed by atoms with E-state index in [2.05, 4.69) is 0 Å². The molecule has 15 heavy (non-hydrogen) atoms. The van der Waals surface area contributed by atoms with Gasteiger partial charge in [0.2, 0.25) is 0 Å². The third-order valence-electron chi connectivity index (χ3n) is 2.23. The fraction of sp³-hybridized carbons (Fsp3) is 0.333. The van der Waals surface area contributed by atoms with E-state index in [1.54, 1.807) is 18.2 Å². The van der Waals surface area contributed by atoms with Gasteiger partial charge in [0.25, 0.3) is 0 Å². The fourth-order valence-corrected chi connectivity index (χ4v) is 1.80. The minimum atomic E-state index is -0.314. The lowest BCUT2D eigenvalue weighted by atomic mass is 10.0. The molecule has 0 N–H and O–H groups in total. The van der Waals surface area contributed by atoms with Gasteiger partial charge in [-0.25, -0.2) is 4.39 Å². The highest BCUT2D eigenvalue weighted by Gasteiger charge is 2.07. The Bertz CT molecular complexity index is 350. The Morgan fingerprint density at radius 3 is 2.60 bits per heavy atom. The van der Waals surface area contributed by atoms with Crippen molar-refractivity contribution in [3.8, 4) is 0 Å². The molecule has 0 radical (unpaired) electrons. The van der Waals surface area contributed by atoms with Crippen molar-refractivity contribution < 1.29 is 4.39 Å². The normalized spacial score (nSPS) is 12.3. The van der Waals surface area contributed by atoms with Crippen molar-refractivity contribution in [3.05, 3.63) is 40.2 Å². The molecular formula is C12H13Cl2F. The number of halogens is 3. The Balaban J connectivity index is 3.16. The van der Waals surface area contributed by atoms with Crippen LogP contribution in [0.1, 0.15) is 19.4 Å². The summed E-state index contributed by atoms with van der Waals surface area (Å²) in [5, 5.41) is 0.415. The number of allylic oxidation sites excluding steroid dienone is 1. The molecule has 3 heteroatoms. The molecule has 0 aliphatic rings. The van der Waals surface area contributed by atoms with Gasteiger partial charge in [0.15, 0.2) is 0 Å². The molecule has 0 aliphatic carbocycles. The Morgan fingerprint density at radius 1 is 1.47 bits per heavy atom. The van der Waals surface area contributed by atoms with Crippen LogP contribution < -0.4 is 0 Å². The molecule has 1 rings (SSSR count). The summed E-state index contributed by atoms with van der Waals surface area (Å²) in [4.78, 5) is 0. The smallest absolute Gasteiger partial charge is 0.131 e. The first-order chi connectivity index (χ1) is 7.06. The van der Waals surface area contributed by atoms with Crippen molar-refractivity contribution in [1.29, 1.82) is 0 Å². The van der Waals surface area contributed by atoms with Crippen LogP contribution in [0.2, 0.25) is 5.02 Å². The molecule has 0 fully saturated rings. The maximum atomic E-state index is 13.4. The van der Waals surface area contributed by atoms with Crippen LogP contribution in [0, 0.1) is 11.7 Å². The van der Waals surface area contributed by atoms with E-state index in [-0.39, 0.29) is 11.7 Å². The van der Waals surface area contributed by atoms with Gasteiger partial charge in [-0.3, -0.25) is 0 Å². The van der Waals surface area contributed by atoms with Crippen molar-refractivity contribution in [2.75, 3.05) is 5.88 Å². The molecule has 0 atom stereocenters.